The number of hydrogen-bond acceptors (Lipinski definition) is 5. The summed E-state index contributed by atoms with van der Waals surface area (Å²) in [5, 5.41) is 10.1. The van der Waals surface area contributed by atoms with Gasteiger partial charge in [-0.25, -0.2) is 13.2 Å². The third-order valence-electron chi connectivity index (χ3n) is 2.14. The van der Waals surface area contributed by atoms with E-state index in [0.717, 1.165) is 19.2 Å². The molecule has 0 saturated heterocycles. The van der Waals surface area contributed by atoms with Crippen molar-refractivity contribution in [2.45, 2.75) is 30.5 Å². The monoisotopic (exact) mass is 333 g/mol. The van der Waals surface area contributed by atoms with E-state index in [9.17, 15) is 26.4 Å². The summed E-state index contributed by atoms with van der Waals surface area (Å²) in [5.41, 5.74) is -3.27. The summed E-state index contributed by atoms with van der Waals surface area (Å²) in [7, 11) is -4.64. The highest BCUT2D eigenvalue weighted by molar-refractivity contribution is 7.89. The molecule has 0 atom stereocenters. The molecule has 1 heterocycles. The number of sulfonamides is 1. The highest BCUT2D eigenvalue weighted by Gasteiger charge is 2.39. The van der Waals surface area contributed by atoms with Crippen LogP contribution in [0, 0.1) is 0 Å². The number of aliphatic carboxylic acids is 1. The summed E-state index contributed by atoms with van der Waals surface area (Å²) < 4.78 is 61.2. The lowest BCUT2D eigenvalue weighted by Gasteiger charge is -2.19. The van der Waals surface area contributed by atoms with E-state index in [1.165, 1.54) is 4.89 Å². The maximum Gasteiger partial charge on any atom is 0.418 e. The summed E-state index contributed by atoms with van der Waals surface area (Å²) in [6.45, 7) is 2.08. The number of thiophene rings is 1. The van der Waals surface area contributed by atoms with Crippen molar-refractivity contribution >= 4 is 27.3 Å². The lowest BCUT2D eigenvalue weighted by molar-refractivity contribution is -0.165. The molecule has 0 fully saturated rings. The molecular weight excluding hydrogens is 323 g/mol. The van der Waals surface area contributed by atoms with E-state index in [1.807, 2.05) is 0 Å². The normalized spacial score (nSPS) is 13.4. The van der Waals surface area contributed by atoms with Gasteiger partial charge in [0, 0.05) is 10.8 Å². The van der Waals surface area contributed by atoms with Crippen LogP contribution in [0.25, 0.3) is 0 Å². The standard InChI is InChI=1S/C9H10F3NO5S2/c1-8(2,7(14)15)18-13-20(16,17)6-4-19-3-5(6)9(10,11)12/h3-4,13H,1-2H3,(H,14,15). The molecule has 0 aliphatic heterocycles. The van der Waals surface area contributed by atoms with Crippen LogP contribution < -0.4 is 4.89 Å². The molecule has 0 aliphatic rings. The first-order chi connectivity index (χ1) is 8.88. The van der Waals surface area contributed by atoms with Gasteiger partial charge in [0.25, 0.3) is 10.0 Å². The number of carboxylic acids is 1. The van der Waals surface area contributed by atoms with Crippen molar-refractivity contribution in [3.8, 4) is 0 Å². The second-order valence-corrected chi connectivity index (χ2v) is 6.51. The number of rotatable bonds is 5. The number of alkyl halides is 3. The molecule has 0 aliphatic carbocycles. The summed E-state index contributed by atoms with van der Waals surface area (Å²) in [5.74, 6) is -1.48. The maximum absolute atomic E-state index is 12.6. The van der Waals surface area contributed by atoms with Crippen LogP contribution in [0.5, 0.6) is 0 Å². The zero-order valence-electron chi connectivity index (χ0n) is 10.2. The van der Waals surface area contributed by atoms with Crippen LogP contribution in [-0.2, 0) is 25.8 Å². The van der Waals surface area contributed by atoms with Crippen molar-refractivity contribution < 1.29 is 36.3 Å². The third kappa shape index (κ3) is 3.69. The Morgan fingerprint density at radius 1 is 1.35 bits per heavy atom. The van der Waals surface area contributed by atoms with E-state index >= 15 is 0 Å². The zero-order chi connectivity index (χ0) is 15.8. The zero-order valence-corrected chi connectivity index (χ0v) is 11.8. The van der Waals surface area contributed by atoms with Gasteiger partial charge in [0.15, 0.2) is 5.60 Å². The summed E-state index contributed by atoms with van der Waals surface area (Å²) in [4.78, 5) is 15.5. The quantitative estimate of drug-likeness (QED) is 0.802. The highest BCUT2D eigenvalue weighted by Crippen LogP contribution is 2.36. The van der Waals surface area contributed by atoms with Gasteiger partial charge in [0.1, 0.15) is 4.90 Å². The molecule has 0 saturated carbocycles. The van der Waals surface area contributed by atoms with Crippen LogP contribution in [0.1, 0.15) is 19.4 Å². The van der Waals surface area contributed by atoms with Crippen molar-refractivity contribution in [2.75, 3.05) is 0 Å². The van der Waals surface area contributed by atoms with Gasteiger partial charge in [-0.05, 0) is 13.8 Å². The van der Waals surface area contributed by atoms with E-state index in [-0.39, 0.29) is 0 Å². The maximum atomic E-state index is 12.6. The smallest absolute Gasteiger partial charge is 0.418 e. The third-order valence-corrected chi connectivity index (χ3v) is 4.26. The Hall–Kier alpha value is -1.17. The Bertz CT molecular complexity index is 605. The van der Waals surface area contributed by atoms with Crippen LogP contribution in [-0.4, -0.2) is 25.1 Å². The van der Waals surface area contributed by atoms with Gasteiger partial charge in [-0.1, -0.05) is 4.89 Å². The first-order valence-corrected chi connectivity index (χ1v) is 7.37. The Morgan fingerprint density at radius 3 is 2.35 bits per heavy atom. The SMILES string of the molecule is CC(C)(ONS(=O)(=O)c1cscc1C(F)(F)F)C(=O)O. The molecule has 114 valence electrons. The van der Waals surface area contributed by atoms with Gasteiger partial charge in [0.05, 0.1) is 5.56 Å². The first kappa shape index (κ1) is 16.9. The van der Waals surface area contributed by atoms with Crippen molar-refractivity contribution in [1.82, 2.24) is 4.89 Å². The lowest BCUT2D eigenvalue weighted by Crippen LogP contribution is -2.42. The average molecular weight is 333 g/mol. The molecule has 0 bridgehead atoms. The number of carboxylic acid groups (broad SMARTS) is 1. The fourth-order valence-electron chi connectivity index (χ4n) is 0.948. The molecule has 11 heteroatoms. The second-order valence-electron chi connectivity index (χ2n) is 4.15. The van der Waals surface area contributed by atoms with Crippen LogP contribution in [0.2, 0.25) is 0 Å². The van der Waals surface area contributed by atoms with Gasteiger partial charge < -0.3 is 5.11 Å². The van der Waals surface area contributed by atoms with E-state index in [1.54, 1.807) is 0 Å². The van der Waals surface area contributed by atoms with Crippen LogP contribution >= 0.6 is 11.3 Å². The number of hydrogen-bond donors (Lipinski definition) is 2. The highest BCUT2D eigenvalue weighted by atomic mass is 32.2. The van der Waals surface area contributed by atoms with Crippen molar-refractivity contribution in [3.63, 3.8) is 0 Å². The fraction of sp³-hybridized carbons (Fsp3) is 0.444. The number of halogens is 3. The van der Waals surface area contributed by atoms with Gasteiger partial charge in [0.2, 0.25) is 0 Å². The Kier molecular flexibility index (Phi) is 4.49. The molecule has 0 unspecified atom stereocenters. The van der Waals surface area contributed by atoms with E-state index < -0.39 is 38.2 Å². The lowest BCUT2D eigenvalue weighted by atomic mass is 10.1. The van der Waals surface area contributed by atoms with Crippen LogP contribution in [0.4, 0.5) is 13.2 Å². The molecule has 0 radical (unpaired) electrons. The van der Waals surface area contributed by atoms with Crippen molar-refractivity contribution in [1.29, 1.82) is 0 Å². The molecule has 2 N–H and O–H groups in total. The molecule has 1 rings (SSSR count). The molecule has 1 aromatic rings. The first-order valence-electron chi connectivity index (χ1n) is 4.94. The van der Waals surface area contributed by atoms with E-state index in [0.29, 0.717) is 16.7 Å². The van der Waals surface area contributed by atoms with Gasteiger partial charge in [-0.2, -0.15) is 24.5 Å². The van der Waals surface area contributed by atoms with Gasteiger partial charge in [-0.15, -0.1) is 0 Å². The van der Waals surface area contributed by atoms with Gasteiger partial charge in [-0.3, -0.25) is 4.84 Å². The predicted molar refractivity (Wildman–Crippen MR) is 62.4 cm³/mol. The molecule has 6 nitrogen and oxygen atoms in total. The number of carbonyl (C=O) groups is 1. The second kappa shape index (κ2) is 5.31. The predicted octanol–water partition coefficient (Wildman–Crippen LogP) is 1.84. The van der Waals surface area contributed by atoms with Crippen LogP contribution in [0.3, 0.4) is 0 Å². The fourth-order valence-corrected chi connectivity index (χ4v) is 3.28. The molecule has 0 aromatic carbocycles. The minimum Gasteiger partial charge on any atom is -0.479 e. The Balaban J connectivity index is 3.03. The van der Waals surface area contributed by atoms with Gasteiger partial charge >= 0.3 is 12.1 Å². The summed E-state index contributed by atoms with van der Waals surface area (Å²) in [6.07, 6.45) is -4.84. The van der Waals surface area contributed by atoms with Crippen molar-refractivity contribution in [2.24, 2.45) is 0 Å². The van der Waals surface area contributed by atoms with E-state index in [2.05, 4.69) is 4.84 Å². The molecule has 20 heavy (non-hydrogen) atoms. The van der Waals surface area contributed by atoms with E-state index in [4.69, 9.17) is 5.11 Å². The van der Waals surface area contributed by atoms with Crippen LogP contribution in [0.15, 0.2) is 15.7 Å². The minimum atomic E-state index is -4.84. The Labute approximate surface area is 116 Å². The van der Waals surface area contributed by atoms with Crippen molar-refractivity contribution in [3.05, 3.63) is 16.3 Å². The minimum absolute atomic E-state index is 0.549. The summed E-state index contributed by atoms with van der Waals surface area (Å²) in [6, 6.07) is 0. The Morgan fingerprint density at radius 2 is 1.90 bits per heavy atom. The largest absolute Gasteiger partial charge is 0.479 e. The summed E-state index contributed by atoms with van der Waals surface area (Å²) >= 11 is 0.549. The molecular formula is C9H10F3NO5S2. The molecule has 0 spiro atoms. The topological polar surface area (TPSA) is 92.7 Å². The average Bonchev–Trinajstić information content (AvgIpc) is 2.75. The molecule has 0 amide bonds. The molecule has 1 aromatic heterocycles. The number of nitrogens with one attached hydrogen (secondary N) is 1.